The Morgan fingerprint density at radius 2 is 1.70 bits per heavy atom. The molecule has 2 aliphatic rings. The molecule has 0 atom stereocenters. The smallest absolute Gasteiger partial charge is 0.309 e. The van der Waals surface area contributed by atoms with E-state index in [0.717, 1.165) is 18.4 Å². The van der Waals surface area contributed by atoms with Crippen LogP contribution in [0, 0.1) is 11.8 Å². The van der Waals surface area contributed by atoms with E-state index < -0.39 is 0 Å². The standard InChI is InChI=1S/C20H25ClN2O4/c21-17-5-1-14(2-6-17)7-10-22-18(24)13-27-20(26)16-8-11-23(12-9-16)19(25)15-3-4-15/h1-2,5-6,15-16H,3-4,7-13H2,(H,22,24). The summed E-state index contributed by atoms with van der Waals surface area (Å²) >= 11 is 5.83. The Bertz CT molecular complexity index is 680. The minimum atomic E-state index is -0.346. The van der Waals surface area contributed by atoms with Crippen molar-refractivity contribution in [2.75, 3.05) is 26.2 Å². The number of halogens is 1. The molecule has 3 rings (SSSR count). The lowest BCUT2D eigenvalue weighted by molar-refractivity contribution is -0.155. The molecule has 1 heterocycles. The molecule has 27 heavy (non-hydrogen) atoms. The van der Waals surface area contributed by atoms with Crippen LogP contribution in [-0.4, -0.2) is 48.9 Å². The van der Waals surface area contributed by atoms with Crippen molar-refractivity contribution in [3.63, 3.8) is 0 Å². The third-order valence-corrected chi connectivity index (χ3v) is 5.31. The topological polar surface area (TPSA) is 75.7 Å². The summed E-state index contributed by atoms with van der Waals surface area (Å²) < 4.78 is 5.15. The molecule has 1 aliphatic heterocycles. The summed E-state index contributed by atoms with van der Waals surface area (Å²) in [6, 6.07) is 7.44. The molecule has 0 radical (unpaired) electrons. The second kappa shape index (κ2) is 9.22. The largest absolute Gasteiger partial charge is 0.455 e. The van der Waals surface area contributed by atoms with Gasteiger partial charge in [0.05, 0.1) is 5.92 Å². The number of nitrogens with zero attached hydrogens (tertiary/aromatic N) is 1. The van der Waals surface area contributed by atoms with Crippen molar-refractivity contribution in [1.29, 1.82) is 0 Å². The number of benzene rings is 1. The highest BCUT2D eigenvalue weighted by Gasteiger charge is 2.36. The van der Waals surface area contributed by atoms with Crippen LogP contribution in [0.2, 0.25) is 5.02 Å². The van der Waals surface area contributed by atoms with Crippen molar-refractivity contribution < 1.29 is 19.1 Å². The van der Waals surface area contributed by atoms with Gasteiger partial charge in [-0.25, -0.2) is 0 Å². The normalized spacial score (nSPS) is 17.4. The first-order valence-electron chi connectivity index (χ1n) is 9.49. The Kier molecular flexibility index (Phi) is 6.72. The highest BCUT2D eigenvalue weighted by molar-refractivity contribution is 6.30. The molecule has 2 amide bonds. The van der Waals surface area contributed by atoms with Gasteiger partial charge < -0.3 is 15.0 Å². The molecule has 1 aromatic carbocycles. The lowest BCUT2D eigenvalue weighted by Gasteiger charge is -2.31. The predicted octanol–water partition coefficient (Wildman–Crippen LogP) is 2.19. The van der Waals surface area contributed by atoms with Gasteiger partial charge in [0.15, 0.2) is 6.61 Å². The zero-order valence-corrected chi connectivity index (χ0v) is 16.0. The minimum absolute atomic E-state index is 0.213. The lowest BCUT2D eigenvalue weighted by atomic mass is 9.97. The van der Waals surface area contributed by atoms with Gasteiger partial charge in [-0.3, -0.25) is 14.4 Å². The lowest BCUT2D eigenvalue weighted by Crippen LogP contribution is -2.41. The first-order valence-corrected chi connectivity index (χ1v) is 9.87. The van der Waals surface area contributed by atoms with E-state index in [0.29, 0.717) is 43.9 Å². The number of nitrogens with one attached hydrogen (secondary N) is 1. The summed E-state index contributed by atoms with van der Waals surface area (Å²) in [7, 11) is 0. The van der Waals surface area contributed by atoms with Crippen molar-refractivity contribution in [2.24, 2.45) is 11.8 Å². The number of carbonyl (C=O) groups excluding carboxylic acids is 3. The van der Waals surface area contributed by atoms with E-state index in [1.165, 1.54) is 0 Å². The fourth-order valence-corrected chi connectivity index (χ4v) is 3.35. The van der Waals surface area contributed by atoms with Crippen LogP contribution in [0.1, 0.15) is 31.2 Å². The second-order valence-electron chi connectivity index (χ2n) is 7.21. The zero-order chi connectivity index (χ0) is 19.2. The number of hydrogen-bond acceptors (Lipinski definition) is 4. The Morgan fingerprint density at radius 1 is 1.04 bits per heavy atom. The van der Waals surface area contributed by atoms with Crippen molar-refractivity contribution in [1.82, 2.24) is 10.2 Å². The highest BCUT2D eigenvalue weighted by Crippen LogP contribution is 2.32. The third-order valence-electron chi connectivity index (χ3n) is 5.06. The highest BCUT2D eigenvalue weighted by atomic mass is 35.5. The quantitative estimate of drug-likeness (QED) is 0.722. The average molecular weight is 393 g/mol. The summed E-state index contributed by atoms with van der Waals surface area (Å²) in [5, 5.41) is 3.42. The molecule has 146 valence electrons. The van der Waals surface area contributed by atoms with E-state index >= 15 is 0 Å². The monoisotopic (exact) mass is 392 g/mol. The van der Waals surface area contributed by atoms with Gasteiger partial charge in [0.1, 0.15) is 0 Å². The number of carbonyl (C=O) groups is 3. The average Bonchev–Trinajstić information content (AvgIpc) is 3.52. The molecule has 0 unspecified atom stereocenters. The van der Waals surface area contributed by atoms with Gasteiger partial charge >= 0.3 is 5.97 Å². The van der Waals surface area contributed by atoms with Crippen LogP contribution in [0.25, 0.3) is 0 Å². The zero-order valence-electron chi connectivity index (χ0n) is 15.3. The maximum atomic E-state index is 12.1. The van der Waals surface area contributed by atoms with E-state index in [-0.39, 0.29) is 36.2 Å². The Morgan fingerprint density at radius 3 is 2.33 bits per heavy atom. The third kappa shape index (κ3) is 5.96. The molecule has 1 saturated heterocycles. The summed E-state index contributed by atoms with van der Waals surface area (Å²) in [6.07, 6.45) is 3.89. The molecule has 0 spiro atoms. The maximum Gasteiger partial charge on any atom is 0.309 e. The molecule has 0 bridgehead atoms. The number of rotatable bonds is 7. The Balaban J connectivity index is 1.30. The fourth-order valence-electron chi connectivity index (χ4n) is 3.23. The minimum Gasteiger partial charge on any atom is -0.455 e. The van der Waals surface area contributed by atoms with Crippen molar-refractivity contribution in [3.8, 4) is 0 Å². The Labute approximate surface area is 164 Å². The van der Waals surface area contributed by atoms with Gasteiger partial charge in [-0.15, -0.1) is 0 Å². The molecule has 7 heteroatoms. The first-order chi connectivity index (χ1) is 13.0. The van der Waals surface area contributed by atoms with Crippen LogP contribution in [0.4, 0.5) is 0 Å². The fraction of sp³-hybridized carbons (Fsp3) is 0.550. The summed E-state index contributed by atoms with van der Waals surface area (Å²) in [5.41, 5.74) is 1.07. The van der Waals surface area contributed by atoms with Crippen LogP contribution in [0.3, 0.4) is 0 Å². The van der Waals surface area contributed by atoms with Gasteiger partial charge in [0, 0.05) is 30.6 Å². The van der Waals surface area contributed by atoms with Crippen LogP contribution in [0.15, 0.2) is 24.3 Å². The molecular weight excluding hydrogens is 368 g/mol. The number of ether oxygens (including phenoxy) is 1. The van der Waals surface area contributed by atoms with Gasteiger partial charge in [0.2, 0.25) is 5.91 Å². The summed E-state index contributed by atoms with van der Waals surface area (Å²) in [6.45, 7) is 1.41. The van der Waals surface area contributed by atoms with Crippen LogP contribution >= 0.6 is 11.6 Å². The van der Waals surface area contributed by atoms with E-state index in [1.54, 1.807) is 0 Å². The van der Waals surface area contributed by atoms with Crippen molar-refractivity contribution >= 4 is 29.4 Å². The molecule has 1 saturated carbocycles. The molecule has 6 nitrogen and oxygen atoms in total. The van der Waals surface area contributed by atoms with E-state index in [2.05, 4.69) is 5.32 Å². The van der Waals surface area contributed by atoms with Crippen LogP contribution in [0.5, 0.6) is 0 Å². The predicted molar refractivity (Wildman–Crippen MR) is 101 cm³/mol. The first kappa shape index (κ1) is 19.7. The van der Waals surface area contributed by atoms with Gasteiger partial charge in [-0.2, -0.15) is 0 Å². The molecule has 1 aliphatic carbocycles. The Hall–Kier alpha value is -2.08. The molecule has 1 N–H and O–H groups in total. The molecule has 2 fully saturated rings. The molecule has 1 aromatic rings. The number of piperidine rings is 1. The summed E-state index contributed by atoms with van der Waals surface area (Å²) in [5.74, 6) is -0.442. The summed E-state index contributed by atoms with van der Waals surface area (Å²) in [4.78, 5) is 37.8. The van der Waals surface area contributed by atoms with Gasteiger partial charge in [-0.05, 0) is 49.8 Å². The SMILES string of the molecule is O=C(COC(=O)C1CCN(C(=O)C2CC2)CC1)NCCc1ccc(Cl)cc1. The molecule has 0 aromatic heterocycles. The molecular formula is C20H25ClN2O4. The number of amides is 2. The maximum absolute atomic E-state index is 12.1. The second-order valence-corrected chi connectivity index (χ2v) is 7.64. The van der Waals surface area contributed by atoms with Crippen LogP contribution in [-0.2, 0) is 25.5 Å². The van der Waals surface area contributed by atoms with E-state index in [1.807, 2.05) is 29.2 Å². The number of esters is 1. The van der Waals surface area contributed by atoms with E-state index in [9.17, 15) is 14.4 Å². The van der Waals surface area contributed by atoms with Crippen LogP contribution < -0.4 is 5.32 Å². The van der Waals surface area contributed by atoms with Crippen molar-refractivity contribution in [3.05, 3.63) is 34.9 Å². The van der Waals surface area contributed by atoms with Gasteiger partial charge in [-0.1, -0.05) is 23.7 Å². The van der Waals surface area contributed by atoms with Gasteiger partial charge in [0.25, 0.3) is 5.91 Å². The van der Waals surface area contributed by atoms with E-state index in [4.69, 9.17) is 16.3 Å². The number of hydrogen-bond donors (Lipinski definition) is 1. The van der Waals surface area contributed by atoms with Crippen molar-refractivity contribution in [2.45, 2.75) is 32.1 Å². The number of likely N-dealkylation sites (tertiary alicyclic amines) is 1.